The predicted molar refractivity (Wildman–Crippen MR) is 82.6 cm³/mol. The minimum atomic E-state index is -1.09. The van der Waals surface area contributed by atoms with Crippen LogP contribution in [-0.4, -0.2) is 26.1 Å². The second-order valence-corrected chi connectivity index (χ2v) is 5.18. The maximum atomic E-state index is 11.4. The van der Waals surface area contributed by atoms with Crippen LogP contribution in [-0.2, 0) is 6.42 Å². The summed E-state index contributed by atoms with van der Waals surface area (Å²) < 4.78 is 1.53. The molecular weight excluding hydrogens is 302 g/mol. The van der Waals surface area contributed by atoms with E-state index in [9.17, 15) is 9.90 Å². The third-order valence-corrected chi connectivity index (χ3v) is 3.50. The Kier molecular flexibility index (Phi) is 3.89. The molecular formula is C16H12ClN3O2. The molecule has 0 unspecified atom stereocenters. The Morgan fingerprint density at radius 3 is 2.41 bits per heavy atom. The van der Waals surface area contributed by atoms with Gasteiger partial charge in [-0.05, 0) is 29.8 Å². The van der Waals surface area contributed by atoms with Gasteiger partial charge < -0.3 is 5.11 Å². The maximum absolute atomic E-state index is 11.4. The molecule has 0 aliphatic heterocycles. The largest absolute Gasteiger partial charge is 0.476 e. The van der Waals surface area contributed by atoms with E-state index in [1.165, 1.54) is 4.68 Å². The monoisotopic (exact) mass is 313 g/mol. The Morgan fingerprint density at radius 1 is 1.09 bits per heavy atom. The smallest absolute Gasteiger partial charge is 0.358 e. The molecule has 0 amide bonds. The van der Waals surface area contributed by atoms with Gasteiger partial charge in [-0.25, -0.2) is 9.48 Å². The van der Waals surface area contributed by atoms with Gasteiger partial charge in [0.15, 0.2) is 5.69 Å². The lowest BCUT2D eigenvalue weighted by Crippen LogP contribution is -2.07. The summed E-state index contributed by atoms with van der Waals surface area (Å²) in [5.74, 6) is -1.09. The molecule has 2 aromatic carbocycles. The highest BCUT2D eigenvalue weighted by Crippen LogP contribution is 2.19. The standard InChI is InChI=1S/C16H12ClN3O2/c17-12-6-8-13(9-7-12)20-14(15(16(21)22)18-19-20)10-11-4-2-1-3-5-11/h1-9H,10H2,(H,21,22). The fourth-order valence-electron chi connectivity index (χ4n) is 2.21. The van der Waals surface area contributed by atoms with Crippen LogP contribution in [0.3, 0.4) is 0 Å². The van der Waals surface area contributed by atoms with Crippen molar-refractivity contribution in [3.05, 3.63) is 76.6 Å². The van der Waals surface area contributed by atoms with Crippen LogP contribution < -0.4 is 0 Å². The lowest BCUT2D eigenvalue weighted by molar-refractivity contribution is 0.0689. The topological polar surface area (TPSA) is 68.0 Å². The van der Waals surface area contributed by atoms with Gasteiger partial charge >= 0.3 is 5.97 Å². The van der Waals surface area contributed by atoms with Crippen molar-refractivity contribution in [2.45, 2.75) is 6.42 Å². The lowest BCUT2D eigenvalue weighted by Gasteiger charge is -2.07. The number of benzene rings is 2. The summed E-state index contributed by atoms with van der Waals surface area (Å²) in [6, 6.07) is 16.6. The van der Waals surface area contributed by atoms with E-state index >= 15 is 0 Å². The molecule has 0 radical (unpaired) electrons. The molecule has 110 valence electrons. The summed E-state index contributed by atoms with van der Waals surface area (Å²) in [6.07, 6.45) is 0.429. The van der Waals surface area contributed by atoms with Crippen molar-refractivity contribution in [2.24, 2.45) is 0 Å². The van der Waals surface area contributed by atoms with Crippen molar-refractivity contribution >= 4 is 17.6 Å². The second kappa shape index (κ2) is 5.99. The number of nitrogens with zero attached hydrogens (tertiary/aromatic N) is 3. The molecule has 0 saturated carbocycles. The summed E-state index contributed by atoms with van der Waals surface area (Å²) in [4.78, 5) is 11.4. The van der Waals surface area contributed by atoms with Gasteiger partial charge in [-0.2, -0.15) is 0 Å². The summed E-state index contributed by atoms with van der Waals surface area (Å²) >= 11 is 5.88. The molecule has 5 nitrogen and oxygen atoms in total. The normalized spacial score (nSPS) is 10.6. The Morgan fingerprint density at radius 2 is 1.77 bits per heavy atom. The minimum absolute atomic E-state index is 0.0428. The van der Waals surface area contributed by atoms with E-state index in [0.717, 1.165) is 11.3 Å². The van der Waals surface area contributed by atoms with E-state index in [1.54, 1.807) is 24.3 Å². The van der Waals surface area contributed by atoms with Crippen LogP contribution in [0.5, 0.6) is 0 Å². The summed E-state index contributed by atoms with van der Waals surface area (Å²) in [7, 11) is 0. The number of carboxylic acid groups (broad SMARTS) is 1. The quantitative estimate of drug-likeness (QED) is 0.803. The first kappa shape index (κ1) is 14.3. The molecule has 3 aromatic rings. The zero-order valence-electron chi connectivity index (χ0n) is 11.5. The van der Waals surface area contributed by atoms with E-state index < -0.39 is 5.97 Å². The Bertz CT molecular complexity index is 798. The van der Waals surface area contributed by atoms with E-state index in [4.69, 9.17) is 11.6 Å². The van der Waals surface area contributed by atoms with Gasteiger partial charge in [-0.15, -0.1) is 5.10 Å². The van der Waals surface area contributed by atoms with Gasteiger partial charge in [-0.1, -0.05) is 47.1 Å². The average molecular weight is 314 g/mol. The number of aromatic nitrogens is 3. The Hall–Kier alpha value is -2.66. The number of hydrogen-bond acceptors (Lipinski definition) is 3. The number of rotatable bonds is 4. The zero-order chi connectivity index (χ0) is 15.5. The number of aromatic carboxylic acids is 1. The first-order chi connectivity index (χ1) is 10.6. The van der Waals surface area contributed by atoms with Crippen molar-refractivity contribution in [3.8, 4) is 5.69 Å². The molecule has 0 bridgehead atoms. The van der Waals surface area contributed by atoms with Crippen LogP contribution >= 0.6 is 11.6 Å². The Labute approximate surface area is 131 Å². The van der Waals surface area contributed by atoms with Gasteiger partial charge in [-0.3, -0.25) is 0 Å². The molecule has 22 heavy (non-hydrogen) atoms. The fourth-order valence-corrected chi connectivity index (χ4v) is 2.33. The second-order valence-electron chi connectivity index (χ2n) is 4.74. The predicted octanol–water partition coefficient (Wildman–Crippen LogP) is 3.21. The van der Waals surface area contributed by atoms with Crippen molar-refractivity contribution in [2.75, 3.05) is 0 Å². The maximum Gasteiger partial charge on any atom is 0.358 e. The van der Waals surface area contributed by atoms with Gasteiger partial charge in [0.25, 0.3) is 0 Å². The van der Waals surface area contributed by atoms with Gasteiger partial charge in [0.2, 0.25) is 0 Å². The number of halogens is 1. The third kappa shape index (κ3) is 2.84. The van der Waals surface area contributed by atoms with E-state index in [0.29, 0.717) is 17.1 Å². The number of hydrogen-bond donors (Lipinski definition) is 1. The summed E-state index contributed by atoms with van der Waals surface area (Å²) in [5.41, 5.74) is 2.19. The van der Waals surface area contributed by atoms with Gasteiger partial charge in [0.05, 0.1) is 11.4 Å². The van der Waals surface area contributed by atoms with Crippen LogP contribution in [0.15, 0.2) is 54.6 Å². The van der Waals surface area contributed by atoms with Crippen LogP contribution in [0.25, 0.3) is 5.69 Å². The highest BCUT2D eigenvalue weighted by atomic mass is 35.5. The van der Waals surface area contributed by atoms with Crippen molar-refractivity contribution in [1.29, 1.82) is 0 Å². The van der Waals surface area contributed by atoms with Crippen LogP contribution in [0.4, 0.5) is 0 Å². The number of carboxylic acids is 1. The summed E-state index contributed by atoms with van der Waals surface area (Å²) in [6.45, 7) is 0. The SMILES string of the molecule is O=C(O)c1nnn(-c2ccc(Cl)cc2)c1Cc1ccccc1. The molecule has 0 aliphatic rings. The minimum Gasteiger partial charge on any atom is -0.476 e. The first-order valence-electron chi connectivity index (χ1n) is 6.63. The lowest BCUT2D eigenvalue weighted by atomic mass is 10.1. The van der Waals surface area contributed by atoms with Crippen LogP contribution in [0, 0.1) is 0 Å². The molecule has 1 aromatic heterocycles. The molecule has 0 spiro atoms. The number of carbonyl (C=O) groups is 1. The molecule has 6 heteroatoms. The summed E-state index contributed by atoms with van der Waals surface area (Å²) in [5, 5.41) is 17.7. The average Bonchev–Trinajstić information content (AvgIpc) is 2.93. The molecule has 0 fully saturated rings. The van der Waals surface area contributed by atoms with Gasteiger partial charge in [0.1, 0.15) is 0 Å². The molecule has 3 rings (SSSR count). The molecule has 1 heterocycles. The van der Waals surface area contributed by atoms with Crippen LogP contribution in [0.1, 0.15) is 21.7 Å². The van der Waals surface area contributed by atoms with Crippen molar-refractivity contribution < 1.29 is 9.90 Å². The zero-order valence-corrected chi connectivity index (χ0v) is 12.2. The molecule has 0 aliphatic carbocycles. The van der Waals surface area contributed by atoms with Crippen molar-refractivity contribution in [3.63, 3.8) is 0 Å². The van der Waals surface area contributed by atoms with Gasteiger partial charge in [0, 0.05) is 11.4 Å². The molecule has 1 N–H and O–H groups in total. The van der Waals surface area contributed by atoms with Crippen molar-refractivity contribution in [1.82, 2.24) is 15.0 Å². The fraction of sp³-hybridized carbons (Fsp3) is 0.0625. The molecule has 0 atom stereocenters. The van der Waals surface area contributed by atoms with Crippen LogP contribution in [0.2, 0.25) is 5.02 Å². The highest BCUT2D eigenvalue weighted by Gasteiger charge is 2.20. The Balaban J connectivity index is 2.07. The first-order valence-corrected chi connectivity index (χ1v) is 7.00. The highest BCUT2D eigenvalue weighted by molar-refractivity contribution is 6.30. The van der Waals surface area contributed by atoms with E-state index in [1.807, 2.05) is 30.3 Å². The molecule has 0 saturated heterocycles. The van der Waals surface area contributed by atoms with E-state index in [-0.39, 0.29) is 5.69 Å². The van der Waals surface area contributed by atoms with E-state index in [2.05, 4.69) is 10.3 Å². The third-order valence-electron chi connectivity index (χ3n) is 3.25.